The number of hydrogen-bond acceptors (Lipinski definition) is 5. The van der Waals surface area contributed by atoms with E-state index in [1.807, 2.05) is 0 Å². The molecule has 0 unspecified atom stereocenters. The molecule has 0 spiro atoms. The first-order valence-corrected chi connectivity index (χ1v) is 7.84. The number of carbonyl (C=O) groups is 2. The number of nitrogens with zero attached hydrogens (tertiary/aromatic N) is 2. The van der Waals surface area contributed by atoms with E-state index in [1.54, 1.807) is 43.3 Å². The van der Waals surface area contributed by atoms with E-state index in [-0.39, 0.29) is 23.6 Å². The van der Waals surface area contributed by atoms with Crippen molar-refractivity contribution in [3.8, 4) is 5.75 Å². The number of amides is 2. The summed E-state index contributed by atoms with van der Waals surface area (Å²) in [6.45, 7) is 2.01. The maximum atomic E-state index is 12.5. The minimum absolute atomic E-state index is 0.104. The third-order valence-electron chi connectivity index (χ3n) is 3.70. The number of hydrogen-bond donors (Lipinski definition) is 1. The fourth-order valence-electron chi connectivity index (χ4n) is 2.53. The van der Waals surface area contributed by atoms with Crippen LogP contribution in [-0.2, 0) is 9.59 Å². The minimum atomic E-state index is -0.574. The Hall–Kier alpha value is -3.68. The van der Waals surface area contributed by atoms with E-state index in [4.69, 9.17) is 4.74 Å². The lowest BCUT2D eigenvalue weighted by Gasteiger charge is -2.13. The summed E-state index contributed by atoms with van der Waals surface area (Å²) in [6, 6.07) is 12.9. The summed E-state index contributed by atoms with van der Waals surface area (Å²) in [4.78, 5) is 35.3. The van der Waals surface area contributed by atoms with Gasteiger partial charge in [0.05, 0.1) is 17.2 Å². The molecule has 2 aromatic rings. The van der Waals surface area contributed by atoms with E-state index in [9.17, 15) is 19.7 Å². The van der Waals surface area contributed by atoms with E-state index in [1.165, 1.54) is 18.2 Å². The molecule has 1 aliphatic rings. The topological polar surface area (TPSA) is 102 Å². The van der Waals surface area contributed by atoms with Crippen molar-refractivity contribution in [2.45, 2.75) is 6.92 Å². The molecular formula is C18H15N3O5. The predicted octanol–water partition coefficient (Wildman–Crippen LogP) is 2.45. The summed E-state index contributed by atoms with van der Waals surface area (Å²) >= 11 is 0. The van der Waals surface area contributed by atoms with E-state index < -0.39 is 16.7 Å². The van der Waals surface area contributed by atoms with Crippen LogP contribution >= 0.6 is 0 Å². The Morgan fingerprint density at radius 2 is 1.92 bits per heavy atom. The van der Waals surface area contributed by atoms with Crippen LogP contribution in [0, 0.1) is 10.1 Å². The number of nitro benzene ring substituents is 1. The first-order valence-electron chi connectivity index (χ1n) is 7.84. The summed E-state index contributed by atoms with van der Waals surface area (Å²) in [7, 11) is 0. The highest BCUT2D eigenvalue weighted by atomic mass is 16.6. The van der Waals surface area contributed by atoms with Gasteiger partial charge in [-0.1, -0.05) is 24.3 Å². The summed E-state index contributed by atoms with van der Waals surface area (Å²) in [5.41, 5.74) is 3.02. The van der Waals surface area contributed by atoms with Gasteiger partial charge >= 0.3 is 5.69 Å². The average Bonchev–Trinajstić information content (AvgIpc) is 2.92. The molecule has 1 N–H and O–H groups in total. The van der Waals surface area contributed by atoms with Crippen LogP contribution in [0.15, 0.2) is 54.1 Å². The molecule has 3 rings (SSSR count). The normalized spacial score (nSPS) is 15.3. The first-order chi connectivity index (χ1) is 12.5. The summed E-state index contributed by atoms with van der Waals surface area (Å²) in [6.07, 6.45) is 1.32. The molecule has 1 heterocycles. The molecule has 8 heteroatoms. The van der Waals surface area contributed by atoms with Crippen LogP contribution in [0.1, 0.15) is 12.5 Å². The van der Waals surface area contributed by atoms with Crippen LogP contribution in [-0.4, -0.2) is 23.3 Å². The van der Waals surface area contributed by atoms with Gasteiger partial charge in [0.1, 0.15) is 5.57 Å². The molecular weight excluding hydrogens is 338 g/mol. The molecule has 1 fully saturated rings. The zero-order valence-electron chi connectivity index (χ0n) is 13.8. The predicted molar refractivity (Wildman–Crippen MR) is 94.3 cm³/mol. The van der Waals surface area contributed by atoms with Crippen molar-refractivity contribution in [1.82, 2.24) is 5.43 Å². The SMILES string of the molecule is CCOc1ccc(/C=C2/C(=O)NN(c3ccccc3)C2=O)cc1[N+](=O)[O-]. The molecule has 0 radical (unpaired) electrons. The number of ether oxygens (including phenoxy) is 1. The number of benzene rings is 2. The van der Waals surface area contributed by atoms with Gasteiger partial charge in [0.2, 0.25) is 0 Å². The summed E-state index contributed by atoms with van der Waals surface area (Å²) in [5, 5.41) is 12.3. The number of nitro groups is 1. The van der Waals surface area contributed by atoms with Crippen molar-refractivity contribution < 1.29 is 19.2 Å². The van der Waals surface area contributed by atoms with Crippen molar-refractivity contribution in [2.75, 3.05) is 11.6 Å². The van der Waals surface area contributed by atoms with E-state index in [2.05, 4.69) is 5.43 Å². The van der Waals surface area contributed by atoms with E-state index in [0.29, 0.717) is 11.3 Å². The molecule has 2 aromatic carbocycles. The van der Waals surface area contributed by atoms with Crippen LogP contribution in [0.4, 0.5) is 11.4 Å². The summed E-state index contributed by atoms with van der Waals surface area (Å²) < 4.78 is 5.22. The van der Waals surface area contributed by atoms with Gasteiger partial charge in [-0.25, -0.2) is 5.01 Å². The van der Waals surface area contributed by atoms with Gasteiger partial charge in [-0.3, -0.25) is 25.1 Å². The summed E-state index contributed by atoms with van der Waals surface area (Å²) in [5.74, 6) is -0.971. The third kappa shape index (κ3) is 3.25. The molecule has 0 atom stereocenters. The van der Waals surface area contributed by atoms with Crippen LogP contribution < -0.4 is 15.2 Å². The van der Waals surface area contributed by atoms with Gasteiger partial charge in [0.25, 0.3) is 11.8 Å². The smallest absolute Gasteiger partial charge is 0.311 e. The molecule has 0 bridgehead atoms. The number of para-hydroxylation sites is 1. The standard InChI is InChI=1S/C18H15N3O5/c1-2-26-16-9-8-12(11-15(16)21(24)25)10-14-17(22)19-20(18(14)23)13-6-4-3-5-7-13/h3-11H,2H2,1H3,(H,19,22)/b14-10-. The zero-order valence-corrected chi connectivity index (χ0v) is 13.8. The highest BCUT2D eigenvalue weighted by Crippen LogP contribution is 2.29. The van der Waals surface area contributed by atoms with Gasteiger partial charge in [0.15, 0.2) is 5.75 Å². The van der Waals surface area contributed by atoms with Crippen molar-refractivity contribution in [1.29, 1.82) is 0 Å². The molecule has 2 amide bonds. The molecule has 1 saturated heterocycles. The van der Waals surface area contributed by atoms with Crippen molar-refractivity contribution >= 4 is 29.3 Å². The van der Waals surface area contributed by atoms with Gasteiger partial charge in [0, 0.05) is 6.07 Å². The van der Waals surface area contributed by atoms with Crippen LogP contribution in [0.25, 0.3) is 6.08 Å². The lowest BCUT2D eigenvalue weighted by atomic mass is 10.1. The number of carbonyl (C=O) groups excluding carboxylic acids is 2. The first kappa shape index (κ1) is 17.2. The van der Waals surface area contributed by atoms with E-state index in [0.717, 1.165) is 5.01 Å². The Bertz CT molecular complexity index is 908. The van der Waals surface area contributed by atoms with Crippen molar-refractivity contribution in [2.24, 2.45) is 0 Å². The van der Waals surface area contributed by atoms with Crippen LogP contribution in [0.3, 0.4) is 0 Å². The van der Waals surface area contributed by atoms with Crippen molar-refractivity contribution in [3.63, 3.8) is 0 Å². The lowest BCUT2D eigenvalue weighted by molar-refractivity contribution is -0.385. The van der Waals surface area contributed by atoms with Gasteiger partial charge in [-0.05, 0) is 36.8 Å². The molecule has 0 aromatic heterocycles. The second-order valence-electron chi connectivity index (χ2n) is 5.39. The maximum Gasteiger partial charge on any atom is 0.311 e. The molecule has 132 valence electrons. The number of nitrogens with one attached hydrogen (secondary N) is 1. The zero-order chi connectivity index (χ0) is 18.7. The molecule has 0 saturated carbocycles. The van der Waals surface area contributed by atoms with Gasteiger partial charge < -0.3 is 4.74 Å². The van der Waals surface area contributed by atoms with Gasteiger partial charge in [-0.2, -0.15) is 0 Å². The van der Waals surface area contributed by atoms with Crippen molar-refractivity contribution in [3.05, 3.63) is 69.8 Å². The monoisotopic (exact) mass is 353 g/mol. The largest absolute Gasteiger partial charge is 0.487 e. The van der Waals surface area contributed by atoms with Gasteiger partial charge in [-0.15, -0.1) is 0 Å². The third-order valence-corrected chi connectivity index (χ3v) is 3.70. The maximum absolute atomic E-state index is 12.5. The molecule has 26 heavy (non-hydrogen) atoms. The Balaban J connectivity index is 1.95. The lowest BCUT2D eigenvalue weighted by Crippen LogP contribution is -2.35. The fraction of sp³-hybridized carbons (Fsp3) is 0.111. The Kier molecular flexibility index (Phi) is 4.66. The fourth-order valence-corrected chi connectivity index (χ4v) is 2.53. The molecule has 0 aliphatic carbocycles. The quantitative estimate of drug-likeness (QED) is 0.385. The molecule has 8 nitrogen and oxygen atoms in total. The number of rotatable bonds is 5. The second kappa shape index (κ2) is 7.06. The molecule has 1 aliphatic heterocycles. The van der Waals surface area contributed by atoms with Crippen LogP contribution in [0.2, 0.25) is 0 Å². The minimum Gasteiger partial charge on any atom is -0.487 e. The number of anilines is 1. The van der Waals surface area contributed by atoms with E-state index >= 15 is 0 Å². The Labute approximate surface area is 148 Å². The Morgan fingerprint density at radius 1 is 1.19 bits per heavy atom. The average molecular weight is 353 g/mol. The Morgan fingerprint density at radius 3 is 2.58 bits per heavy atom. The highest BCUT2D eigenvalue weighted by molar-refractivity contribution is 6.31. The second-order valence-corrected chi connectivity index (χ2v) is 5.39. The number of hydrazine groups is 1. The van der Waals surface area contributed by atoms with Crippen LogP contribution in [0.5, 0.6) is 5.75 Å². The highest BCUT2D eigenvalue weighted by Gasteiger charge is 2.34.